The quantitative estimate of drug-likeness (QED) is 0.0414. The van der Waals surface area contributed by atoms with Gasteiger partial charge in [-0.05, 0) is 99.5 Å². The zero-order valence-corrected chi connectivity index (χ0v) is 43.3. The van der Waals surface area contributed by atoms with Crippen LogP contribution in [0.15, 0.2) is 109 Å². The van der Waals surface area contributed by atoms with Gasteiger partial charge in [-0.3, -0.25) is 4.31 Å². The molecular weight excluding hydrogens is 829 g/mol. The second kappa shape index (κ2) is 24.6. The number of benzene rings is 4. The van der Waals surface area contributed by atoms with Gasteiger partial charge in [0.1, 0.15) is 0 Å². The van der Waals surface area contributed by atoms with E-state index < -0.39 is 0 Å². The third kappa shape index (κ3) is 10.9. The fraction of sp³-hybridized carbons (Fsp3) is 0.531. The Bertz CT molecular complexity index is 2280. The highest BCUT2D eigenvalue weighted by atomic mass is 32.2. The largest absolute Gasteiger partial charge is 0.316 e. The maximum absolute atomic E-state index is 3.62. The lowest BCUT2D eigenvalue weighted by Gasteiger charge is -2.34. The summed E-state index contributed by atoms with van der Waals surface area (Å²) >= 11 is 1.73. The summed E-state index contributed by atoms with van der Waals surface area (Å²) in [4.78, 5) is 0. The molecule has 0 spiro atoms. The van der Waals surface area contributed by atoms with Crippen molar-refractivity contribution in [3.05, 3.63) is 142 Å². The van der Waals surface area contributed by atoms with Crippen LogP contribution in [0.1, 0.15) is 241 Å². The first-order chi connectivity index (χ1) is 33.1. The topological polar surface area (TPSA) is 15.3 Å². The lowest BCUT2D eigenvalue weighted by atomic mass is 9.70. The molecule has 1 N–H and O–H groups in total. The minimum Gasteiger partial charge on any atom is -0.316 e. The molecule has 4 aromatic rings. The summed E-state index contributed by atoms with van der Waals surface area (Å²) in [6.45, 7) is 9.33. The van der Waals surface area contributed by atoms with Crippen molar-refractivity contribution in [3.8, 4) is 22.3 Å². The van der Waals surface area contributed by atoms with Crippen molar-refractivity contribution >= 4 is 23.4 Å². The van der Waals surface area contributed by atoms with Crippen LogP contribution in [-0.2, 0) is 10.8 Å². The van der Waals surface area contributed by atoms with Gasteiger partial charge in [0, 0.05) is 22.6 Å². The Morgan fingerprint density at radius 2 is 0.776 bits per heavy atom. The molecule has 4 aromatic carbocycles. The molecule has 4 aliphatic rings. The van der Waals surface area contributed by atoms with E-state index in [0.717, 1.165) is 0 Å². The van der Waals surface area contributed by atoms with Gasteiger partial charge in [0.05, 0.1) is 23.5 Å². The van der Waals surface area contributed by atoms with E-state index in [0.29, 0.717) is 0 Å². The smallest absolute Gasteiger partial charge is 0.0786 e. The molecule has 67 heavy (non-hydrogen) atoms. The summed E-state index contributed by atoms with van der Waals surface area (Å²) in [6.07, 6.45) is 44.3. The molecule has 0 fully saturated rings. The summed E-state index contributed by atoms with van der Waals surface area (Å²) < 4.78 is 6.11. The fourth-order valence-electron chi connectivity index (χ4n) is 12.8. The molecule has 0 amide bonds. The molecule has 0 unspecified atom stereocenters. The number of fused-ring (bicyclic) bond motifs is 7. The monoisotopic (exact) mass is 915 g/mol. The fourth-order valence-corrected chi connectivity index (χ4v) is 13.6. The third-order valence-corrected chi connectivity index (χ3v) is 17.2. The highest BCUT2D eigenvalue weighted by Gasteiger charge is 2.44. The zero-order chi connectivity index (χ0) is 46.3. The molecule has 2 nitrogen and oxygen atoms in total. The molecular formula is C64H86N2S. The van der Waals surface area contributed by atoms with Crippen molar-refractivity contribution in [2.24, 2.45) is 0 Å². The van der Waals surface area contributed by atoms with Crippen LogP contribution in [0.4, 0.5) is 0 Å². The predicted octanol–water partition coefficient (Wildman–Crippen LogP) is 20.0. The first-order valence-electron chi connectivity index (χ1n) is 27.9. The molecule has 2 aliphatic carbocycles. The van der Waals surface area contributed by atoms with Gasteiger partial charge in [0.2, 0.25) is 0 Å². The Morgan fingerprint density at radius 1 is 0.388 bits per heavy atom. The minimum absolute atomic E-state index is 0.0717. The molecule has 0 aromatic heterocycles. The normalized spacial score (nSPS) is 15.9. The molecule has 3 heteroatoms. The maximum atomic E-state index is 3.62. The van der Waals surface area contributed by atoms with Crippen LogP contribution >= 0.6 is 12.1 Å². The van der Waals surface area contributed by atoms with Gasteiger partial charge in [-0.1, -0.05) is 261 Å². The molecule has 0 saturated heterocycles. The van der Waals surface area contributed by atoms with Crippen LogP contribution in [0.25, 0.3) is 33.5 Å². The maximum Gasteiger partial charge on any atom is 0.0786 e. The van der Waals surface area contributed by atoms with Crippen molar-refractivity contribution in [3.63, 3.8) is 0 Å². The van der Waals surface area contributed by atoms with Crippen LogP contribution in [0, 0.1) is 0 Å². The van der Waals surface area contributed by atoms with Gasteiger partial charge in [-0.25, -0.2) is 0 Å². The van der Waals surface area contributed by atoms with Gasteiger partial charge in [0.25, 0.3) is 0 Å². The number of nitrogens with zero attached hydrogens (tertiary/aromatic N) is 1. The number of unbranched alkanes of at least 4 members (excludes halogenated alkanes) is 20. The molecule has 8 rings (SSSR count). The van der Waals surface area contributed by atoms with E-state index in [2.05, 4.69) is 140 Å². The third-order valence-electron chi connectivity index (χ3n) is 16.4. The van der Waals surface area contributed by atoms with Gasteiger partial charge in [-0.15, -0.1) is 0 Å². The van der Waals surface area contributed by atoms with Crippen molar-refractivity contribution < 1.29 is 0 Å². The highest BCUT2D eigenvalue weighted by molar-refractivity contribution is 7.95. The van der Waals surface area contributed by atoms with Crippen molar-refractivity contribution in [2.75, 3.05) is 0 Å². The van der Waals surface area contributed by atoms with Crippen LogP contribution in [-0.4, -0.2) is 4.31 Å². The van der Waals surface area contributed by atoms with Gasteiger partial charge >= 0.3 is 0 Å². The number of rotatable bonds is 30. The number of allylic oxidation sites excluding steroid dienone is 3. The van der Waals surface area contributed by atoms with E-state index in [1.54, 1.807) is 34.4 Å². The minimum atomic E-state index is 0.0717. The van der Waals surface area contributed by atoms with Crippen molar-refractivity contribution in [2.45, 2.75) is 218 Å². The van der Waals surface area contributed by atoms with Crippen LogP contribution in [0.5, 0.6) is 0 Å². The van der Waals surface area contributed by atoms with Gasteiger partial charge < -0.3 is 4.72 Å². The molecule has 0 radical (unpaired) electrons. The standard InChI is InChI=1S/C64H86N2S/c1-5-9-13-17-21-29-43-63(44-30-22-18-14-10-6-2)57-35-27-25-33-53(57)55-39-37-50(47-59(55)63)52-41-42-61(66-62(52)49-65-67-66)51-38-40-56-54-34-26-28-36-58(54)64(60(56)48-51,45-31-23-19-15-11-7-3)46-32-24-20-16-12-8-4/h25-28,33-42,47-49,65H,5-24,29-32,43-46H2,1-4H3. The Balaban J connectivity index is 1.13. The Kier molecular flexibility index (Phi) is 18.1. The first kappa shape index (κ1) is 49.5. The lowest BCUT2D eigenvalue weighted by Crippen LogP contribution is -2.26. The summed E-state index contributed by atoms with van der Waals surface area (Å²) in [5.41, 5.74) is 18.9. The predicted molar refractivity (Wildman–Crippen MR) is 294 cm³/mol. The number of hydrogen-bond acceptors (Lipinski definition) is 3. The molecule has 2 aliphatic heterocycles. The Labute approximate surface area is 413 Å². The summed E-state index contributed by atoms with van der Waals surface area (Å²) in [6, 6.07) is 34.1. The first-order valence-corrected chi connectivity index (χ1v) is 28.7. The van der Waals surface area contributed by atoms with E-state index in [1.165, 1.54) is 230 Å². The van der Waals surface area contributed by atoms with E-state index in [9.17, 15) is 0 Å². The van der Waals surface area contributed by atoms with Crippen molar-refractivity contribution in [1.82, 2.24) is 9.03 Å². The summed E-state index contributed by atoms with van der Waals surface area (Å²) in [5.74, 6) is 0. The van der Waals surface area contributed by atoms with Gasteiger partial charge in [0.15, 0.2) is 0 Å². The van der Waals surface area contributed by atoms with Crippen LogP contribution in [0.3, 0.4) is 0 Å². The van der Waals surface area contributed by atoms with E-state index >= 15 is 0 Å². The Morgan fingerprint density at radius 3 is 1.24 bits per heavy atom. The number of hydrogen-bond donors (Lipinski definition) is 1. The zero-order valence-electron chi connectivity index (χ0n) is 42.5. The average molecular weight is 915 g/mol. The molecule has 358 valence electrons. The van der Waals surface area contributed by atoms with E-state index in [1.807, 2.05) is 0 Å². The molecule has 0 bridgehead atoms. The SMILES string of the molecule is CCCCCCCCC1(CCCCCCCC)c2ccccc2-c2ccc(C3=CC=C(c4ccc5c(c4)C(CCCCCCCC)(CCCCCCCC)c4ccccc4-5)N4SNC=C34)cc21. The lowest BCUT2D eigenvalue weighted by molar-refractivity contribution is 0.397. The van der Waals surface area contributed by atoms with Crippen molar-refractivity contribution in [1.29, 1.82) is 0 Å². The summed E-state index contributed by atoms with van der Waals surface area (Å²) in [7, 11) is 0. The average Bonchev–Trinajstić information content (AvgIpc) is 4.04. The second-order valence-electron chi connectivity index (χ2n) is 21.0. The van der Waals surface area contributed by atoms with Crippen LogP contribution in [0.2, 0.25) is 0 Å². The molecule has 2 heterocycles. The highest BCUT2D eigenvalue weighted by Crippen LogP contribution is 2.57. The van der Waals surface area contributed by atoms with Gasteiger partial charge in [-0.2, -0.15) is 0 Å². The number of nitrogens with one attached hydrogen (secondary N) is 1. The van der Waals surface area contributed by atoms with E-state index in [4.69, 9.17) is 0 Å². The summed E-state index contributed by atoms with van der Waals surface area (Å²) in [5, 5.41) is 0. The van der Waals surface area contributed by atoms with E-state index in [-0.39, 0.29) is 10.8 Å². The molecule has 0 atom stereocenters. The molecule has 0 saturated carbocycles. The second-order valence-corrected chi connectivity index (χ2v) is 21.8. The Hall–Kier alpha value is -3.95. The van der Waals surface area contributed by atoms with Crippen LogP contribution < -0.4 is 4.72 Å².